The smallest absolute Gasteiger partial charge is 0.326 e. The molecular formula is C12H21N3O4. The summed E-state index contributed by atoms with van der Waals surface area (Å²) in [4.78, 5) is 35.7. The van der Waals surface area contributed by atoms with E-state index in [1.54, 1.807) is 0 Å². The quantitative estimate of drug-likeness (QED) is 0.603. The maximum Gasteiger partial charge on any atom is 0.326 e. The van der Waals surface area contributed by atoms with E-state index in [1.165, 1.54) is 4.90 Å². The van der Waals surface area contributed by atoms with Crippen LogP contribution in [0.1, 0.15) is 26.7 Å². The molecular weight excluding hydrogens is 250 g/mol. The molecule has 0 aromatic heterocycles. The fourth-order valence-electron chi connectivity index (χ4n) is 2.01. The number of likely N-dealkylation sites (tertiary alicyclic amines) is 1. The lowest BCUT2D eigenvalue weighted by Crippen LogP contribution is -2.49. The lowest BCUT2D eigenvalue weighted by molar-refractivity contribution is -0.148. The number of nitrogens with one attached hydrogen (secondary N) is 1. The number of nitrogens with zero attached hydrogens (tertiary/aromatic N) is 1. The van der Waals surface area contributed by atoms with Crippen molar-refractivity contribution in [1.82, 2.24) is 10.2 Å². The van der Waals surface area contributed by atoms with Gasteiger partial charge in [0.1, 0.15) is 6.04 Å². The van der Waals surface area contributed by atoms with Crippen molar-refractivity contribution >= 4 is 17.8 Å². The maximum absolute atomic E-state index is 11.9. The zero-order chi connectivity index (χ0) is 14.6. The predicted molar refractivity (Wildman–Crippen MR) is 68.2 cm³/mol. The molecule has 0 aromatic carbocycles. The lowest BCUT2D eigenvalue weighted by atomic mass is 10.1. The Morgan fingerprint density at radius 3 is 2.58 bits per heavy atom. The molecule has 1 aliphatic heterocycles. The summed E-state index contributed by atoms with van der Waals surface area (Å²) in [6.07, 6.45) is 1.13. The summed E-state index contributed by atoms with van der Waals surface area (Å²) < 4.78 is 0. The largest absolute Gasteiger partial charge is 0.480 e. The number of carbonyl (C=O) groups is 3. The number of amides is 2. The summed E-state index contributed by atoms with van der Waals surface area (Å²) in [5, 5.41) is 11.4. The number of nitrogens with two attached hydrogens (primary N) is 1. The Kier molecular flexibility index (Phi) is 5.29. The number of carbonyl (C=O) groups excluding carboxylic acids is 2. The van der Waals surface area contributed by atoms with E-state index >= 15 is 0 Å². The number of hydrogen-bond acceptors (Lipinski definition) is 4. The van der Waals surface area contributed by atoms with Gasteiger partial charge in [-0.25, -0.2) is 4.79 Å². The SMILES string of the molecule is CC(C)[C@H](N)C(=O)NCC(=O)N1CCCC1C(=O)O. The average Bonchev–Trinajstić information content (AvgIpc) is 2.83. The molecule has 108 valence electrons. The van der Waals surface area contributed by atoms with Gasteiger partial charge in [0.2, 0.25) is 11.8 Å². The van der Waals surface area contributed by atoms with Crippen molar-refractivity contribution < 1.29 is 19.5 Å². The van der Waals surface area contributed by atoms with Crippen LogP contribution in [0.2, 0.25) is 0 Å². The second-order valence-electron chi connectivity index (χ2n) is 5.07. The van der Waals surface area contributed by atoms with Gasteiger partial charge in [-0.05, 0) is 18.8 Å². The first-order valence-corrected chi connectivity index (χ1v) is 6.40. The molecule has 1 heterocycles. The van der Waals surface area contributed by atoms with Gasteiger partial charge in [-0.3, -0.25) is 9.59 Å². The van der Waals surface area contributed by atoms with Gasteiger partial charge in [-0.1, -0.05) is 13.8 Å². The molecule has 7 heteroatoms. The highest BCUT2D eigenvalue weighted by molar-refractivity contribution is 5.89. The Balaban J connectivity index is 2.47. The molecule has 2 amide bonds. The Morgan fingerprint density at radius 1 is 1.42 bits per heavy atom. The minimum Gasteiger partial charge on any atom is -0.480 e. The molecule has 2 atom stereocenters. The van der Waals surface area contributed by atoms with Gasteiger partial charge in [0.05, 0.1) is 12.6 Å². The molecule has 4 N–H and O–H groups in total. The third kappa shape index (κ3) is 3.92. The minimum atomic E-state index is -1.00. The highest BCUT2D eigenvalue weighted by atomic mass is 16.4. The Hall–Kier alpha value is -1.63. The van der Waals surface area contributed by atoms with Gasteiger partial charge < -0.3 is 21.1 Å². The molecule has 0 aromatic rings. The second kappa shape index (κ2) is 6.51. The van der Waals surface area contributed by atoms with Crippen LogP contribution >= 0.6 is 0 Å². The lowest BCUT2D eigenvalue weighted by Gasteiger charge is -2.22. The Labute approximate surface area is 112 Å². The topological polar surface area (TPSA) is 113 Å². The zero-order valence-electron chi connectivity index (χ0n) is 11.3. The van der Waals surface area contributed by atoms with Crippen LogP contribution in [0, 0.1) is 5.92 Å². The molecule has 0 aliphatic carbocycles. The summed E-state index contributed by atoms with van der Waals surface area (Å²) in [6, 6.07) is -1.44. The van der Waals surface area contributed by atoms with Crippen molar-refractivity contribution in [2.75, 3.05) is 13.1 Å². The van der Waals surface area contributed by atoms with Crippen LogP contribution in [0.3, 0.4) is 0 Å². The van der Waals surface area contributed by atoms with E-state index in [0.717, 1.165) is 0 Å². The molecule has 0 bridgehead atoms. The molecule has 1 unspecified atom stereocenters. The second-order valence-corrected chi connectivity index (χ2v) is 5.07. The molecule has 0 spiro atoms. The molecule has 7 nitrogen and oxygen atoms in total. The van der Waals surface area contributed by atoms with Crippen LogP contribution in [0.15, 0.2) is 0 Å². The van der Waals surface area contributed by atoms with E-state index in [4.69, 9.17) is 10.8 Å². The van der Waals surface area contributed by atoms with Crippen LogP contribution in [0.25, 0.3) is 0 Å². The summed E-state index contributed by atoms with van der Waals surface area (Å²) in [5.41, 5.74) is 5.64. The summed E-state index contributed by atoms with van der Waals surface area (Å²) in [5.74, 6) is -1.80. The van der Waals surface area contributed by atoms with Gasteiger partial charge in [-0.15, -0.1) is 0 Å². The van der Waals surface area contributed by atoms with Gasteiger partial charge in [-0.2, -0.15) is 0 Å². The summed E-state index contributed by atoms with van der Waals surface area (Å²) >= 11 is 0. The van der Waals surface area contributed by atoms with Crippen molar-refractivity contribution in [1.29, 1.82) is 0 Å². The molecule has 1 rings (SSSR count). The van der Waals surface area contributed by atoms with Crippen molar-refractivity contribution in [3.05, 3.63) is 0 Å². The molecule has 19 heavy (non-hydrogen) atoms. The van der Waals surface area contributed by atoms with Crippen LogP contribution in [0.5, 0.6) is 0 Å². The van der Waals surface area contributed by atoms with Gasteiger partial charge in [0, 0.05) is 6.54 Å². The zero-order valence-corrected chi connectivity index (χ0v) is 11.3. The van der Waals surface area contributed by atoms with Crippen LogP contribution in [-0.4, -0.2) is 53.0 Å². The van der Waals surface area contributed by atoms with E-state index in [0.29, 0.717) is 19.4 Å². The van der Waals surface area contributed by atoms with Gasteiger partial charge in [0.15, 0.2) is 0 Å². The Morgan fingerprint density at radius 2 is 2.05 bits per heavy atom. The molecule has 1 saturated heterocycles. The summed E-state index contributed by atoms with van der Waals surface area (Å²) in [6.45, 7) is 3.84. The normalized spacial score (nSPS) is 20.4. The predicted octanol–water partition coefficient (Wildman–Crippen LogP) is -0.838. The monoisotopic (exact) mass is 271 g/mol. The van der Waals surface area contributed by atoms with E-state index in [2.05, 4.69) is 5.32 Å². The molecule has 1 aliphatic rings. The fraction of sp³-hybridized carbons (Fsp3) is 0.750. The average molecular weight is 271 g/mol. The molecule has 0 saturated carbocycles. The van der Waals surface area contributed by atoms with Crippen molar-refractivity contribution in [2.24, 2.45) is 11.7 Å². The Bertz CT molecular complexity index is 370. The fourth-order valence-corrected chi connectivity index (χ4v) is 2.01. The number of rotatable bonds is 5. The maximum atomic E-state index is 11.9. The van der Waals surface area contributed by atoms with Crippen molar-refractivity contribution in [3.63, 3.8) is 0 Å². The van der Waals surface area contributed by atoms with Crippen LogP contribution < -0.4 is 11.1 Å². The standard InChI is InChI=1S/C12H21N3O4/c1-7(2)10(13)11(17)14-6-9(16)15-5-3-4-8(15)12(18)19/h7-8,10H,3-6,13H2,1-2H3,(H,14,17)(H,18,19)/t8?,10-/m0/s1. The number of hydrogen-bond donors (Lipinski definition) is 3. The molecule has 0 radical (unpaired) electrons. The summed E-state index contributed by atoms with van der Waals surface area (Å²) in [7, 11) is 0. The number of carboxylic acids is 1. The van der Waals surface area contributed by atoms with Crippen molar-refractivity contribution in [3.8, 4) is 0 Å². The first-order chi connectivity index (χ1) is 8.84. The van der Waals surface area contributed by atoms with E-state index in [1.807, 2.05) is 13.8 Å². The highest BCUT2D eigenvalue weighted by Crippen LogP contribution is 2.17. The van der Waals surface area contributed by atoms with E-state index in [9.17, 15) is 14.4 Å². The van der Waals surface area contributed by atoms with Crippen molar-refractivity contribution in [2.45, 2.75) is 38.8 Å². The van der Waals surface area contributed by atoms with E-state index in [-0.39, 0.29) is 18.4 Å². The van der Waals surface area contributed by atoms with Gasteiger partial charge >= 0.3 is 5.97 Å². The molecule has 1 fully saturated rings. The number of carboxylic acid groups (broad SMARTS) is 1. The van der Waals surface area contributed by atoms with Crippen LogP contribution in [-0.2, 0) is 14.4 Å². The first kappa shape index (κ1) is 15.4. The third-order valence-corrected chi connectivity index (χ3v) is 3.29. The van der Waals surface area contributed by atoms with Crippen LogP contribution in [0.4, 0.5) is 0 Å². The third-order valence-electron chi connectivity index (χ3n) is 3.29. The van der Waals surface area contributed by atoms with E-state index < -0.39 is 24.0 Å². The highest BCUT2D eigenvalue weighted by Gasteiger charge is 2.33. The number of aliphatic carboxylic acids is 1. The van der Waals surface area contributed by atoms with Gasteiger partial charge in [0.25, 0.3) is 0 Å². The minimum absolute atomic E-state index is 0.0198. The first-order valence-electron chi connectivity index (χ1n) is 6.40.